The number of nitrogens with zero attached hydrogens (tertiary/aromatic N) is 2. The van der Waals surface area contributed by atoms with Crippen LogP contribution in [0, 0.1) is 5.92 Å². The fraction of sp³-hybridized carbons (Fsp3) is 0.619. The van der Waals surface area contributed by atoms with E-state index in [4.69, 9.17) is 5.11 Å². The van der Waals surface area contributed by atoms with Gasteiger partial charge >= 0.3 is 5.97 Å². The molecule has 0 unspecified atom stereocenters. The summed E-state index contributed by atoms with van der Waals surface area (Å²) in [5.41, 5.74) is 2.24. The highest BCUT2D eigenvalue weighted by Crippen LogP contribution is 2.24. The van der Waals surface area contributed by atoms with Crippen LogP contribution < -0.4 is 4.90 Å². The van der Waals surface area contributed by atoms with Crippen LogP contribution in [0.3, 0.4) is 0 Å². The minimum atomic E-state index is -0.683. The molecule has 1 fully saturated rings. The molecule has 1 aliphatic rings. The molecule has 0 aliphatic carbocycles. The Hall–Kier alpha value is -2.04. The van der Waals surface area contributed by atoms with Crippen molar-refractivity contribution in [2.45, 2.75) is 58.4 Å². The quantitative estimate of drug-likeness (QED) is 0.678. The van der Waals surface area contributed by atoms with E-state index in [1.807, 2.05) is 24.1 Å². The first-order valence-corrected chi connectivity index (χ1v) is 9.82. The van der Waals surface area contributed by atoms with Crippen molar-refractivity contribution in [1.82, 2.24) is 4.90 Å². The maximum atomic E-state index is 12.3. The second-order valence-electron chi connectivity index (χ2n) is 7.33. The predicted molar refractivity (Wildman–Crippen MR) is 104 cm³/mol. The zero-order valence-electron chi connectivity index (χ0n) is 16.1. The van der Waals surface area contributed by atoms with E-state index in [0.717, 1.165) is 37.2 Å². The second kappa shape index (κ2) is 10.2. The van der Waals surface area contributed by atoms with Crippen molar-refractivity contribution in [3.8, 4) is 0 Å². The lowest BCUT2D eigenvalue weighted by molar-refractivity contribution is -0.142. The zero-order chi connectivity index (χ0) is 18.9. The van der Waals surface area contributed by atoms with Crippen LogP contribution in [-0.4, -0.2) is 42.0 Å². The molecule has 1 aliphatic heterocycles. The highest BCUT2D eigenvalue weighted by molar-refractivity contribution is 5.75. The Labute approximate surface area is 157 Å². The second-order valence-corrected chi connectivity index (χ2v) is 7.33. The number of carbonyl (C=O) groups is 2. The van der Waals surface area contributed by atoms with Crippen molar-refractivity contribution in [2.24, 2.45) is 5.92 Å². The van der Waals surface area contributed by atoms with Crippen LogP contribution in [0.15, 0.2) is 24.3 Å². The lowest BCUT2D eigenvalue weighted by Crippen LogP contribution is -2.36. The molecule has 1 aromatic carbocycles. The first-order valence-electron chi connectivity index (χ1n) is 9.82. The van der Waals surface area contributed by atoms with Gasteiger partial charge in [0.05, 0.1) is 5.92 Å². The van der Waals surface area contributed by atoms with Gasteiger partial charge in [0.1, 0.15) is 0 Å². The number of carbonyl (C=O) groups excluding carboxylic acids is 1. The molecular formula is C21H32N2O3. The molecule has 0 spiro atoms. The van der Waals surface area contributed by atoms with Gasteiger partial charge in [-0.25, -0.2) is 0 Å². The maximum Gasteiger partial charge on any atom is 0.306 e. The molecule has 0 aromatic heterocycles. The highest BCUT2D eigenvalue weighted by atomic mass is 16.4. The molecule has 5 nitrogen and oxygen atoms in total. The van der Waals surface area contributed by atoms with Gasteiger partial charge in [-0.05, 0) is 37.0 Å². The molecule has 0 saturated carbocycles. The zero-order valence-corrected chi connectivity index (χ0v) is 16.1. The number of carboxylic acids is 1. The lowest BCUT2D eigenvalue weighted by atomic mass is 9.96. The summed E-state index contributed by atoms with van der Waals surface area (Å²) < 4.78 is 0. The number of unbranched alkanes of at least 4 members (excludes halogenated alkanes) is 3. The monoisotopic (exact) mass is 360 g/mol. The first-order chi connectivity index (χ1) is 12.5. The van der Waals surface area contributed by atoms with E-state index in [0.29, 0.717) is 25.8 Å². The molecule has 2 rings (SSSR count). The molecular weight excluding hydrogens is 328 g/mol. The lowest BCUT2D eigenvalue weighted by Gasteiger charge is -2.32. The Bertz CT molecular complexity index is 595. The topological polar surface area (TPSA) is 60.9 Å². The number of piperidine rings is 1. The van der Waals surface area contributed by atoms with E-state index in [2.05, 4.69) is 24.0 Å². The summed E-state index contributed by atoms with van der Waals surface area (Å²) in [6, 6.07) is 8.26. The molecule has 144 valence electrons. The predicted octanol–water partition coefficient (Wildman–Crippen LogP) is 3.92. The molecule has 26 heavy (non-hydrogen) atoms. The minimum Gasteiger partial charge on any atom is -0.481 e. The Balaban J connectivity index is 1.86. The van der Waals surface area contributed by atoms with Crippen molar-refractivity contribution >= 4 is 17.6 Å². The summed E-state index contributed by atoms with van der Waals surface area (Å²) >= 11 is 0. The summed E-state index contributed by atoms with van der Waals surface area (Å²) in [5, 5.41) is 9.13. The van der Waals surface area contributed by atoms with Crippen LogP contribution in [0.1, 0.15) is 57.4 Å². The molecule has 1 amide bonds. The average molecular weight is 360 g/mol. The SMILES string of the molecule is CCCCCCC(=O)N(C)Cc1cccc(N2CCC(C(=O)O)CC2)c1. The van der Waals surface area contributed by atoms with Crippen molar-refractivity contribution in [2.75, 3.05) is 25.0 Å². The number of aliphatic carboxylic acids is 1. The number of amides is 1. The third kappa shape index (κ3) is 6.04. The van der Waals surface area contributed by atoms with Crippen LogP contribution in [0.25, 0.3) is 0 Å². The van der Waals surface area contributed by atoms with Gasteiger partial charge in [-0.2, -0.15) is 0 Å². The number of benzene rings is 1. The standard InChI is InChI=1S/C21H32N2O3/c1-3-4-5-6-10-20(24)22(2)16-17-8-7-9-19(15-17)23-13-11-18(12-14-23)21(25)26/h7-9,15,18H,3-6,10-14,16H2,1-2H3,(H,25,26). The van der Waals surface area contributed by atoms with Crippen LogP contribution in [-0.2, 0) is 16.1 Å². The number of hydrogen-bond donors (Lipinski definition) is 1. The summed E-state index contributed by atoms with van der Waals surface area (Å²) in [4.78, 5) is 27.4. The molecule has 1 N–H and O–H groups in total. The third-order valence-electron chi connectivity index (χ3n) is 5.21. The van der Waals surface area contributed by atoms with Crippen molar-refractivity contribution in [1.29, 1.82) is 0 Å². The fourth-order valence-corrected chi connectivity index (χ4v) is 3.49. The summed E-state index contributed by atoms with van der Waals surface area (Å²) in [5.74, 6) is -0.697. The Morgan fingerprint density at radius 2 is 1.92 bits per heavy atom. The van der Waals surface area contributed by atoms with Crippen LogP contribution in [0.5, 0.6) is 0 Å². The van der Waals surface area contributed by atoms with Crippen LogP contribution in [0.4, 0.5) is 5.69 Å². The third-order valence-corrected chi connectivity index (χ3v) is 5.21. The Morgan fingerprint density at radius 1 is 1.19 bits per heavy atom. The van der Waals surface area contributed by atoms with E-state index in [1.54, 1.807) is 0 Å². The van der Waals surface area contributed by atoms with E-state index >= 15 is 0 Å². The van der Waals surface area contributed by atoms with Crippen molar-refractivity contribution < 1.29 is 14.7 Å². The number of anilines is 1. The molecule has 0 bridgehead atoms. The van der Waals surface area contributed by atoms with E-state index in [-0.39, 0.29) is 11.8 Å². The number of carboxylic acid groups (broad SMARTS) is 1. The normalized spacial score (nSPS) is 15.1. The van der Waals surface area contributed by atoms with E-state index in [1.165, 1.54) is 12.8 Å². The first kappa shape index (κ1) is 20.3. The van der Waals surface area contributed by atoms with Gasteiger partial charge in [0.25, 0.3) is 0 Å². The van der Waals surface area contributed by atoms with Gasteiger partial charge in [0.15, 0.2) is 0 Å². The Kier molecular flexibility index (Phi) is 7.95. The van der Waals surface area contributed by atoms with Crippen molar-refractivity contribution in [3.63, 3.8) is 0 Å². The molecule has 1 saturated heterocycles. The average Bonchev–Trinajstić information content (AvgIpc) is 2.65. The van der Waals surface area contributed by atoms with Gasteiger partial charge in [0, 0.05) is 38.8 Å². The van der Waals surface area contributed by atoms with Gasteiger partial charge < -0.3 is 14.9 Å². The molecule has 1 aromatic rings. The van der Waals surface area contributed by atoms with Crippen LogP contribution >= 0.6 is 0 Å². The molecule has 0 atom stereocenters. The number of hydrogen-bond acceptors (Lipinski definition) is 3. The molecule has 5 heteroatoms. The van der Waals surface area contributed by atoms with Gasteiger partial charge in [-0.3, -0.25) is 9.59 Å². The van der Waals surface area contributed by atoms with Crippen LogP contribution in [0.2, 0.25) is 0 Å². The van der Waals surface area contributed by atoms with Gasteiger partial charge in [-0.1, -0.05) is 38.3 Å². The number of rotatable bonds is 9. The smallest absolute Gasteiger partial charge is 0.306 e. The van der Waals surface area contributed by atoms with E-state index < -0.39 is 5.97 Å². The maximum absolute atomic E-state index is 12.3. The molecule has 1 heterocycles. The van der Waals surface area contributed by atoms with E-state index in [9.17, 15) is 9.59 Å². The van der Waals surface area contributed by atoms with Gasteiger partial charge in [-0.15, -0.1) is 0 Å². The highest BCUT2D eigenvalue weighted by Gasteiger charge is 2.24. The fourth-order valence-electron chi connectivity index (χ4n) is 3.49. The summed E-state index contributed by atoms with van der Waals surface area (Å²) in [6.45, 7) is 4.33. The summed E-state index contributed by atoms with van der Waals surface area (Å²) in [7, 11) is 1.87. The molecule has 0 radical (unpaired) electrons. The van der Waals surface area contributed by atoms with Crippen molar-refractivity contribution in [3.05, 3.63) is 29.8 Å². The summed E-state index contributed by atoms with van der Waals surface area (Å²) in [6.07, 6.45) is 6.47. The van der Waals surface area contributed by atoms with Gasteiger partial charge in [0.2, 0.25) is 5.91 Å². The largest absolute Gasteiger partial charge is 0.481 e. The minimum absolute atomic E-state index is 0.203. The Morgan fingerprint density at radius 3 is 2.58 bits per heavy atom.